The van der Waals surface area contributed by atoms with Gasteiger partial charge in [0.05, 0.1) is 0 Å². The second-order valence-corrected chi connectivity index (χ2v) is 8.43. The Morgan fingerprint density at radius 3 is 2.19 bits per heavy atom. The Bertz CT molecular complexity index is 996. The lowest BCUT2D eigenvalue weighted by atomic mass is 9.95. The summed E-state index contributed by atoms with van der Waals surface area (Å²) in [5.74, 6) is -2.05. The fourth-order valence-corrected chi connectivity index (χ4v) is 4.18. The number of fused-ring (bicyclic) bond motifs is 1. The fourth-order valence-electron chi connectivity index (χ4n) is 4.18. The van der Waals surface area contributed by atoms with Crippen molar-refractivity contribution in [1.82, 2.24) is 4.90 Å². The monoisotopic (exact) mass is 450 g/mol. The molecule has 32 heavy (non-hydrogen) atoms. The number of hydrogen-bond donors (Lipinski definition) is 0. The van der Waals surface area contributed by atoms with Gasteiger partial charge in [-0.05, 0) is 35.9 Å². The number of carbonyl (C=O) groups is 2. The Kier molecular flexibility index (Phi) is 7.00. The van der Waals surface area contributed by atoms with E-state index in [2.05, 4.69) is 41.7 Å². The summed E-state index contributed by atoms with van der Waals surface area (Å²) in [4.78, 5) is 27.7. The molecule has 0 spiro atoms. The number of alkyl halides is 3. The Hall–Kier alpha value is -2.77. The highest BCUT2D eigenvalue weighted by Crippen LogP contribution is 2.33. The molecule has 0 radical (unpaired) electrons. The van der Waals surface area contributed by atoms with Crippen LogP contribution in [0.4, 0.5) is 23.7 Å². The van der Waals surface area contributed by atoms with Crippen molar-refractivity contribution >= 4 is 28.3 Å². The highest BCUT2D eigenvalue weighted by Gasteiger charge is 2.49. The first-order valence-electron chi connectivity index (χ1n) is 10.9. The number of ketones is 1. The van der Waals surface area contributed by atoms with Crippen molar-refractivity contribution in [2.24, 2.45) is 5.92 Å². The number of nitrogens with zero attached hydrogens (tertiary/aromatic N) is 2. The molecule has 0 aromatic heterocycles. The summed E-state index contributed by atoms with van der Waals surface area (Å²) < 4.78 is 44.4. The lowest BCUT2D eigenvalue weighted by Crippen LogP contribution is -2.52. The normalized spacial score (nSPS) is 15.9. The van der Waals surface area contributed by atoms with Gasteiger partial charge in [-0.3, -0.25) is 4.79 Å². The van der Waals surface area contributed by atoms with Crippen LogP contribution in [0, 0.1) is 12.8 Å². The van der Waals surface area contributed by atoms with Crippen molar-refractivity contribution in [3.8, 4) is 0 Å². The highest BCUT2D eigenvalue weighted by molar-refractivity contribution is 5.97. The first-order valence-corrected chi connectivity index (χ1v) is 10.9. The number of piperazine rings is 1. The number of halogens is 3. The maximum atomic E-state index is 13.3. The van der Waals surface area contributed by atoms with E-state index in [-0.39, 0.29) is 13.1 Å². The maximum Gasteiger partial charge on any atom is 0.432 e. The zero-order valence-corrected chi connectivity index (χ0v) is 18.8. The number of hydrogen-bond acceptors (Lipinski definition) is 4. The van der Waals surface area contributed by atoms with Crippen LogP contribution in [0.3, 0.4) is 0 Å². The van der Waals surface area contributed by atoms with E-state index in [4.69, 9.17) is 0 Å². The Balaban J connectivity index is 1.74. The molecule has 2 aromatic rings. The van der Waals surface area contributed by atoms with Gasteiger partial charge in [-0.1, -0.05) is 45.0 Å². The molecule has 0 aliphatic carbocycles. The van der Waals surface area contributed by atoms with Gasteiger partial charge in [0, 0.05) is 43.2 Å². The topological polar surface area (TPSA) is 49.9 Å². The number of Topliss-reactive ketones (excluding diaryl/α,β-unsaturated/α-hetero) is 1. The summed E-state index contributed by atoms with van der Waals surface area (Å²) in [5, 5.41) is 2.30. The number of ether oxygens (including phenoxy) is 1. The zero-order valence-electron chi connectivity index (χ0n) is 18.8. The number of anilines is 1. The summed E-state index contributed by atoms with van der Waals surface area (Å²) in [6, 6.07) is 10.3. The Labute approximate surface area is 186 Å². The van der Waals surface area contributed by atoms with E-state index in [9.17, 15) is 22.8 Å². The van der Waals surface area contributed by atoms with E-state index in [1.165, 1.54) is 35.3 Å². The van der Waals surface area contributed by atoms with E-state index >= 15 is 0 Å². The summed E-state index contributed by atoms with van der Waals surface area (Å²) in [7, 11) is 0. The lowest BCUT2D eigenvalue weighted by molar-refractivity contribution is -0.207. The van der Waals surface area contributed by atoms with Gasteiger partial charge < -0.3 is 14.5 Å². The second kappa shape index (κ2) is 9.38. The first kappa shape index (κ1) is 23.9. The van der Waals surface area contributed by atoms with Crippen LogP contribution in [0.2, 0.25) is 0 Å². The van der Waals surface area contributed by atoms with Gasteiger partial charge in [-0.15, -0.1) is 0 Å². The molecule has 1 amide bonds. The summed E-state index contributed by atoms with van der Waals surface area (Å²) in [6.45, 7) is 8.23. The minimum Gasteiger partial charge on any atom is -0.428 e. The molecule has 0 N–H and O–H groups in total. The van der Waals surface area contributed by atoms with Crippen LogP contribution in [0.5, 0.6) is 0 Å². The van der Waals surface area contributed by atoms with E-state index < -0.39 is 30.1 Å². The average Bonchev–Trinajstić information content (AvgIpc) is 2.75. The van der Waals surface area contributed by atoms with Crippen molar-refractivity contribution in [3.05, 3.63) is 41.5 Å². The molecule has 0 saturated carbocycles. The van der Waals surface area contributed by atoms with Crippen LogP contribution in [-0.4, -0.2) is 55.2 Å². The maximum absolute atomic E-state index is 13.3. The number of carbonyl (C=O) groups excluding carboxylic acids is 2. The molecular formula is C24H29F3N2O3. The quantitative estimate of drug-likeness (QED) is 0.634. The molecule has 1 aliphatic heterocycles. The molecule has 2 aromatic carbocycles. The van der Waals surface area contributed by atoms with Crippen LogP contribution < -0.4 is 4.90 Å². The smallest absolute Gasteiger partial charge is 0.428 e. The van der Waals surface area contributed by atoms with Gasteiger partial charge in [0.15, 0.2) is 5.78 Å². The van der Waals surface area contributed by atoms with Crippen LogP contribution in [0.25, 0.3) is 10.8 Å². The lowest BCUT2D eigenvalue weighted by Gasteiger charge is -2.37. The number of amides is 1. The largest absolute Gasteiger partial charge is 0.432 e. The van der Waals surface area contributed by atoms with Crippen molar-refractivity contribution in [2.45, 2.75) is 46.4 Å². The van der Waals surface area contributed by atoms with Crippen molar-refractivity contribution in [2.75, 3.05) is 31.1 Å². The summed E-state index contributed by atoms with van der Waals surface area (Å²) >= 11 is 0. The van der Waals surface area contributed by atoms with Gasteiger partial charge in [-0.25, -0.2) is 4.79 Å². The molecule has 1 aliphatic rings. The second-order valence-electron chi connectivity index (χ2n) is 8.43. The third-order valence-corrected chi connectivity index (χ3v) is 5.93. The Morgan fingerprint density at radius 1 is 1.06 bits per heavy atom. The van der Waals surface area contributed by atoms with E-state index in [1.54, 1.807) is 0 Å². The molecule has 1 saturated heterocycles. The molecule has 1 fully saturated rings. The highest BCUT2D eigenvalue weighted by atomic mass is 19.4. The summed E-state index contributed by atoms with van der Waals surface area (Å²) in [5.41, 5.74) is 3.52. The van der Waals surface area contributed by atoms with Crippen LogP contribution in [0.1, 0.15) is 31.9 Å². The number of rotatable bonds is 5. The third kappa shape index (κ3) is 4.84. The minimum atomic E-state index is -4.93. The van der Waals surface area contributed by atoms with Crippen molar-refractivity contribution in [1.29, 1.82) is 0 Å². The van der Waals surface area contributed by atoms with Crippen LogP contribution >= 0.6 is 0 Å². The SMILES string of the molecule is CCc1c(C)cc(N2CCN(C(=O)OC(C(=O)C(C)C)C(F)(F)F)CC2)c2ccccc12. The van der Waals surface area contributed by atoms with Gasteiger partial charge in [0.1, 0.15) is 0 Å². The predicted octanol–water partition coefficient (Wildman–Crippen LogP) is 5.13. The fraction of sp³-hybridized carbons (Fsp3) is 0.500. The molecule has 174 valence electrons. The molecule has 8 heteroatoms. The van der Waals surface area contributed by atoms with Crippen LogP contribution in [0.15, 0.2) is 30.3 Å². The number of benzene rings is 2. The zero-order chi connectivity index (χ0) is 23.6. The van der Waals surface area contributed by atoms with Crippen molar-refractivity contribution in [3.63, 3.8) is 0 Å². The molecule has 0 bridgehead atoms. The average molecular weight is 451 g/mol. The third-order valence-electron chi connectivity index (χ3n) is 5.93. The van der Waals surface area contributed by atoms with Gasteiger partial charge in [-0.2, -0.15) is 13.2 Å². The van der Waals surface area contributed by atoms with E-state index in [0.29, 0.717) is 13.1 Å². The Morgan fingerprint density at radius 2 is 1.66 bits per heavy atom. The van der Waals surface area contributed by atoms with Gasteiger partial charge in [0.25, 0.3) is 6.10 Å². The first-order chi connectivity index (χ1) is 15.0. The van der Waals surface area contributed by atoms with Crippen molar-refractivity contribution < 1.29 is 27.5 Å². The molecule has 5 nitrogen and oxygen atoms in total. The van der Waals surface area contributed by atoms with E-state index in [0.717, 1.165) is 17.5 Å². The summed E-state index contributed by atoms with van der Waals surface area (Å²) in [6.07, 6.45) is -7.86. The molecule has 1 unspecified atom stereocenters. The molecular weight excluding hydrogens is 421 g/mol. The molecule has 3 rings (SSSR count). The van der Waals surface area contributed by atoms with Crippen LogP contribution in [-0.2, 0) is 16.0 Å². The number of aryl methyl sites for hydroxylation is 2. The van der Waals surface area contributed by atoms with Gasteiger partial charge in [0.2, 0.25) is 0 Å². The predicted molar refractivity (Wildman–Crippen MR) is 118 cm³/mol. The van der Waals surface area contributed by atoms with Gasteiger partial charge >= 0.3 is 12.3 Å². The standard InChI is InChI=1S/C24H29F3N2O3/c1-5-17-16(4)14-20(19-9-7-6-8-18(17)19)28-10-12-29(13-11-28)23(31)32-22(24(25,26)27)21(30)15(2)3/h6-9,14-15,22H,5,10-13H2,1-4H3. The van der Waals surface area contributed by atoms with E-state index in [1.807, 2.05) is 12.1 Å². The molecule has 1 atom stereocenters. The minimum absolute atomic E-state index is 0.210. The molecule has 1 heterocycles.